The molecule has 0 aromatic rings. The lowest BCUT2D eigenvalue weighted by molar-refractivity contribution is -0.144. The third-order valence-electron chi connectivity index (χ3n) is 12.0. The molecule has 13 nitrogen and oxygen atoms in total. The van der Waals surface area contributed by atoms with Gasteiger partial charge in [-0.1, -0.05) is 74.1 Å². The predicted octanol–water partition coefficient (Wildman–Crippen LogP) is 2.90. The predicted molar refractivity (Wildman–Crippen MR) is 191 cm³/mol. The van der Waals surface area contributed by atoms with Crippen molar-refractivity contribution in [2.24, 2.45) is 28.1 Å². The van der Waals surface area contributed by atoms with Gasteiger partial charge in [0.1, 0.15) is 12.1 Å². The van der Waals surface area contributed by atoms with Gasteiger partial charge in [-0.05, 0) is 60.2 Å². The zero-order valence-electron chi connectivity index (χ0n) is 31.9. The van der Waals surface area contributed by atoms with E-state index < -0.39 is 53.7 Å². The number of piperidine rings is 2. The molecule has 5 fully saturated rings. The molecular formula is C38H62N6O7. The number of fused-ring (bicyclic) bond motifs is 3. The van der Waals surface area contributed by atoms with Crippen molar-refractivity contribution in [1.82, 2.24) is 31.1 Å². The number of likely N-dealkylation sites (tertiary alicyclic amines) is 1. The molecule has 2 aliphatic carbocycles. The fraction of sp³-hybridized carbons (Fsp3) is 0.842. The highest BCUT2D eigenvalue weighted by atomic mass is 16.5. The normalized spacial score (nSPS) is 30.7. The molecule has 286 valence electrons. The summed E-state index contributed by atoms with van der Waals surface area (Å²) in [5, 5.41) is 11.6. The average Bonchev–Trinajstić information content (AvgIpc) is 3.89. The first kappa shape index (κ1) is 39.0. The number of nitrogens with zero attached hydrogens (tertiary/aromatic N) is 2. The number of hydrogen-bond acceptors (Lipinski definition) is 7. The van der Waals surface area contributed by atoms with Gasteiger partial charge in [-0.25, -0.2) is 4.79 Å². The Bertz CT molecular complexity index is 1350. The van der Waals surface area contributed by atoms with E-state index in [0.29, 0.717) is 45.5 Å². The van der Waals surface area contributed by atoms with Crippen LogP contribution >= 0.6 is 0 Å². The summed E-state index contributed by atoms with van der Waals surface area (Å²) in [7, 11) is 0. The fourth-order valence-corrected chi connectivity index (χ4v) is 8.12. The standard InChI is InChI=1S/C38H62N6O7/c1-36(2,3)27(21-43-17-16-37(4,5)19-28(43)45)42-35(50)41-26-22-51-18-12-10-8-9-11-13-25(31(46)33(48)39-23-14-15-23)40-32(47)30-29-24(38(29,6)7)20-44(30)34(26)49/h23-27,29-30H,8-22H2,1-7H3,(H,39,48)(H,40,47)(H2,41,42,50)/t24-,25+,26+,27+,29-,30-/m0/s1. The number of carbonyl (C=O) groups is 6. The molecule has 13 heteroatoms. The molecule has 0 unspecified atom stereocenters. The van der Waals surface area contributed by atoms with Crippen molar-refractivity contribution in [2.45, 2.75) is 143 Å². The number of hydrogen-bond donors (Lipinski definition) is 4. The molecule has 51 heavy (non-hydrogen) atoms. The summed E-state index contributed by atoms with van der Waals surface area (Å²) in [6.45, 7) is 16.0. The van der Waals surface area contributed by atoms with Gasteiger partial charge in [0.15, 0.2) is 0 Å². The molecule has 0 bridgehead atoms. The number of ketones is 1. The second kappa shape index (κ2) is 15.4. The third-order valence-corrected chi connectivity index (χ3v) is 12.0. The van der Waals surface area contributed by atoms with Gasteiger partial charge in [0.2, 0.25) is 23.5 Å². The summed E-state index contributed by atoms with van der Waals surface area (Å²) in [4.78, 5) is 84.6. The largest absolute Gasteiger partial charge is 0.379 e. The molecule has 4 N–H and O–H groups in total. The smallest absolute Gasteiger partial charge is 0.315 e. The van der Waals surface area contributed by atoms with E-state index in [0.717, 1.165) is 44.9 Å². The first-order valence-electron chi connectivity index (χ1n) is 19.3. The van der Waals surface area contributed by atoms with E-state index in [4.69, 9.17) is 4.74 Å². The SMILES string of the molecule is CC1(C)CCN(C[C@@H](NC(=O)N[C@@H]2COCCCCCCC[C@H](C(=O)C(=O)NC3CC3)NC(=O)[C@@H]3[C@@H]4[C@H](CN3C2=O)C4(C)C)C(C)(C)C)C(=O)C1. The first-order chi connectivity index (χ1) is 23.9. The Labute approximate surface area is 303 Å². The van der Waals surface area contributed by atoms with E-state index in [2.05, 4.69) is 49.0 Å². The van der Waals surface area contributed by atoms with E-state index in [1.165, 1.54) is 4.90 Å². The lowest BCUT2D eigenvalue weighted by Crippen LogP contribution is -2.61. The molecule has 6 atom stereocenters. The first-order valence-corrected chi connectivity index (χ1v) is 19.3. The molecular weight excluding hydrogens is 652 g/mol. The van der Waals surface area contributed by atoms with Gasteiger partial charge >= 0.3 is 6.03 Å². The number of rotatable bonds is 7. The Hall–Kier alpha value is -3.22. The van der Waals surface area contributed by atoms with Crippen molar-refractivity contribution in [3.8, 4) is 0 Å². The van der Waals surface area contributed by atoms with E-state index in [9.17, 15) is 28.8 Å². The van der Waals surface area contributed by atoms with Crippen molar-refractivity contribution in [3.05, 3.63) is 0 Å². The third kappa shape index (κ3) is 9.61. The summed E-state index contributed by atoms with van der Waals surface area (Å²) in [6, 6.07) is -3.81. The molecule has 0 aromatic heterocycles. The van der Waals surface area contributed by atoms with Gasteiger partial charge in [-0.15, -0.1) is 0 Å². The van der Waals surface area contributed by atoms with Crippen LogP contribution in [0.25, 0.3) is 0 Å². The van der Waals surface area contributed by atoms with Gasteiger partial charge < -0.3 is 35.8 Å². The minimum atomic E-state index is -1.06. The zero-order chi connectivity index (χ0) is 37.3. The Morgan fingerprint density at radius 3 is 2.31 bits per heavy atom. The van der Waals surface area contributed by atoms with Gasteiger partial charge in [0.25, 0.3) is 5.91 Å². The van der Waals surface area contributed by atoms with Gasteiger partial charge in [-0.2, -0.15) is 0 Å². The van der Waals surface area contributed by atoms with Gasteiger partial charge in [0, 0.05) is 38.7 Å². The van der Waals surface area contributed by atoms with Crippen LogP contribution in [-0.4, -0.2) is 108 Å². The maximum atomic E-state index is 14.4. The van der Waals surface area contributed by atoms with Gasteiger partial charge in [-0.3, -0.25) is 24.0 Å². The van der Waals surface area contributed by atoms with Crippen LogP contribution in [0.3, 0.4) is 0 Å². The van der Waals surface area contributed by atoms with E-state index >= 15 is 0 Å². The van der Waals surface area contributed by atoms with Crippen LogP contribution in [-0.2, 0) is 28.7 Å². The molecule has 3 aliphatic heterocycles. The van der Waals surface area contributed by atoms with Crippen LogP contribution in [0.4, 0.5) is 4.79 Å². The van der Waals surface area contributed by atoms with Gasteiger partial charge in [0.05, 0.1) is 18.7 Å². The van der Waals surface area contributed by atoms with Crippen LogP contribution in [0.15, 0.2) is 0 Å². The van der Waals surface area contributed by atoms with Crippen LogP contribution in [0.5, 0.6) is 0 Å². The van der Waals surface area contributed by atoms with Crippen LogP contribution in [0, 0.1) is 28.1 Å². The lowest BCUT2D eigenvalue weighted by Gasteiger charge is -2.41. The van der Waals surface area contributed by atoms with Crippen molar-refractivity contribution in [3.63, 3.8) is 0 Å². The summed E-state index contributed by atoms with van der Waals surface area (Å²) >= 11 is 0. The summed E-state index contributed by atoms with van der Waals surface area (Å²) in [6.07, 6.45) is 7.44. The lowest BCUT2D eigenvalue weighted by atomic mass is 9.81. The topological polar surface area (TPSA) is 166 Å². The summed E-state index contributed by atoms with van der Waals surface area (Å²) in [5.41, 5.74) is -0.623. The quantitative estimate of drug-likeness (QED) is 0.295. The molecule has 6 amide bonds. The fourth-order valence-electron chi connectivity index (χ4n) is 8.12. The molecule has 0 aromatic carbocycles. The number of nitrogens with one attached hydrogen (secondary N) is 4. The number of Topliss-reactive ketones (excluding diaryl/α,β-unsaturated/α-hetero) is 1. The Morgan fingerprint density at radius 1 is 0.961 bits per heavy atom. The number of ether oxygens (including phenoxy) is 1. The van der Waals surface area contributed by atoms with Crippen molar-refractivity contribution >= 4 is 35.4 Å². The maximum Gasteiger partial charge on any atom is 0.315 e. The zero-order valence-corrected chi connectivity index (χ0v) is 31.9. The Morgan fingerprint density at radius 2 is 1.65 bits per heavy atom. The highest BCUT2D eigenvalue weighted by Crippen LogP contribution is 2.65. The van der Waals surface area contributed by atoms with Crippen molar-refractivity contribution < 1.29 is 33.5 Å². The van der Waals surface area contributed by atoms with E-state index in [-0.39, 0.29) is 46.6 Å². The molecule has 5 rings (SSSR count). The number of amides is 6. The molecule has 0 spiro atoms. The maximum absolute atomic E-state index is 14.4. The van der Waals surface area contributed by atoms with E-state index in [1.807, 2.05) is 25.7 Å². The van der Waals surface area contributed by atoms with Crippen molar-refractivity contribution in [2.75, 3.05) is 32.8 Å². The molecule has 0 radical (unpaired) electrons. The summed E-state index contributed by atoms with van der Waals surface area (Å²) < 4.78 is 5.98. The minimum Gasteiger partial charge on any atom is -0.379 e. The molecule has 3 heterocycles. The molecule has 3 saturated heterocycles. The average molecular weight is 715 g/mol. The van der Waals surface area contributed by atoms with Crippen LogP contribution < -0.4 is 21.3 Å². The Balaban J connectivity index is 1.32. The highest BCUT2D eigenvalue weighted by molar-refractivity contribution is 6.38. The highest BCUT2D eigenvalue weighted by Gasteiger charge is 2.69. The second-order valence-corrected chi connectivity index (χ2v) is 18.2. The molecule has 5 aliphatic rings. The van der Waals surface area contributed by atoms with Crippen LogP contribution in [0.2, 0.25) is 0 Å². The second-order valence-electron chi connectivity index (χ2n) is 18.2. The number of carbonyl (C=O) groups excluding carboxylic acids is 6. The van der Waals surface area contributed by atoms with Crippen molar-refractivity contribution in [1.29, 1.82) is 0 Å². The Kier molecular flexibility index (Phi) is 11.8. The van der Waals surface area contributed by atoms with Crippen LogP contribution in [0.1, 0.15) is 113 Å². The minimum absolute atomic E-state index is 0.0153. The number of urea groups is 1. The van der Waals surface area contributed by atoms with E-state index in [1.54, 1.807) is 0 Å². The monoisotopic (exact) mass is 714 g/mol. The molecule has 2 saturated carbocycles. The summed E-state index contributed by atoms with van der Waals surface area (Å²) in [5.74, 6) is -2.16.